The molecule has 1 aliphatic heterocycles. The van der Waals surface area contributed by atoms with Gasteiger partial charge in [-0.25, -0.2) is 0 Å². The molecule has 1 heterocycles. The number of allylic oxidation sites excluding steroid dienone is 2. The highest BCUT2D eigenvalue weighted by molar-refractivity contribution is 4.94. The first-order chi connectivity index (χ1) is 5.20. The second kappa shape index (κ2) is 3.88. The summed E-state index contributed by atoms with van der Waals surface area (Å²) in [5.41, 5.74) is 7.18. The standard InChI is InChI=1S/C9H17NO/c1-7(2)4-3-5-8(10)9-6-11-9/h4,8-9H,3,5-6,10H2,1-2H3/t8-,9?/m0/s1. The third-order valence-corrected chi connectivity index (χ3v) is 1.89. The summed E-state index contributed by atoms with van der Waals surface area (Å²) in [5, 5.41) is 0. The first-order valence-corrected chi connectivity index (χ1v) is 4.20. The van der Waals surface area contributed by atoms with Crippen LogP contribution in [0.1, 0.15) is 26.7 Å². The van der Waals surface area contributed by atoms with Crippen molar-refractivity contribution in [3.63, 3.8) is 0 Å². The Morgan fingerprint density at radius 1 is 1.73 bits per heavy atom. The SMILES string of the molecule is CC(C)=CCC[C@H](N)C1CO1. The Labute approximate surface area is 68.4 Å². The van der Waals surface area contributed by atoms with E-state index < -0.39 is 0 Å². The van der Waals surface area contributed by atoms with Gasteiger partial charge in [0.15, 0.2) is 0 Å². The molecule has 2 atom stereocenters. The van der Waals surface area contributed by atoms with E-state index in [0.717, 1.165) is 19.4 Å². The van der Waals surface area contributed by atoms with Gasteiger partial charge >= 0.3 is 0 Å². The minimum Gasteiger partial charge on any atom is -0.371 e. The number of hydrogen-bond donors (Lipinski definition) is 1. The Kier molecular flexibility index (Phi) is 3.09. The summed E-state index contributed by atoms with van der Waals surface area (Å²) in [6.45, 7) is 5.09. The average molecular weight is 155 g/mol. The molecule has 0 aromatic rings. The van der Waals surface area contributed by atoms with Crippen molar-refractivity contribution >= 4 is 0 Å². The van der Waals surface area contributed by atoms with Gasteiger partial charge in [0, 0.05) is 6.04 Å². The van der Waals surface area contributed by atoms with Crippen LogP contribution >= 0.6 is 0 Å². The summed E-state index contributed by atoms with van der Waals surface area (Å²) in [6.07, 6.45) is 4.72. The summed E-state index contributed by atoms with van der Waals surface area (Å²) in [5.74, 6) is 0. The summed E-state index contributed by atoms with van der Waals surface area (Å²) in [7, 11) is 0. The van der Waals surface area contributed by atoms with Crippen molar-refractivity contribution in [2.75, 3.05) is 6.61 Å². The molecule has 1 rings (SSSR count). The molecule has 1 fully saturated rings. The van der Waals surface area contributed by atoms with Crippen LogP contribution in [0, 0.1) is 0 Å². The first kappa shape index (κ1) is 8.75. The third-order valence-electron chi connectivity index (χ3n) is 1.89. The van der Waals surface area contributed by atoms with Crippen molar-refractivity contribution in [2.45, 2.75) is 38.8 Å². The lowest BCUT2D eigenvalue weighted by atomic mass is 10.1. The van der Waals surface area contributed by atoms with Crippen molar-refractivity contribution in [3.8, 4) is 0 Å². The molecular formula is C9H17NO. The quantitative estimate of drug-likeness (QED) is 0.493. The molecule has 11 heavy (non-hydrogen) atoms. The molecule has 0 saturated carbocycles. The normalized spacial score (nSPS) is 24.5. The van der Waals surface area contributed by atoms with Crippen molar-refractivity contribution < 1.29 is 4.74 Å². The smallest absolute Gasteiger partial charge is 0.0960 e. The maximum absolute atomic E-state index is 5.81. The molecule has 0 amide bonds. The lowest BCUT2D eigenvalue weighted by molar-refractivity contribution is 0.365. The van der Waals surface area contributed by atoms with E-state index in [0.29, 0.717) is 6.10 Å². The molecule has 0 bridgehead atoms. The Morgan fingerprint density at radius 3 is 2.82 bits per heavy atom. The van der Waals surface area contributed by atoms with Gasteiger partial charge in [-0.2, -0.15) is 0 Å². The summed E-state index contributed by atoms with van der Waals surface area (Å²) in [6, 6.07) is 0.255. The molecule has 0 spiro atoms. The minimum atomic E-state index is 0.255. The molecule has 0 radical (unpaired) electrons. The highest BCUT2D eigenvalue weighted by Crippen LogP contribution is 2.16. The number of nitrogens with two attached hydrogens (primary N) is 1. The maximum atomic E-state index is 5.81. The molecule has 2 heteroatoms. The van der Waals surface area contributed by atoms with Gasteiger partial charge in [0.1, 0.15) is 0 Å². The van der Waals surface area contributed by atoms with Crippen LogP contribution in [0.4, 0.5) is 0 Å². The van der Waals surface area contributed by atoms with E-state index in [-0.39, 0.29) is 6.04 Å². The van der Waals surface area contributed by atoms with E-state index in [2.05, 4.69) is 19.9 Å². The number of hydrogen-bond acceptors (Lipinski definition) is 2. The molecular weight excluding hydrogens is 138 g/mol. The molecule has 1 unspecified atom stereocenters. The molecule has 64 valence electrons. The summed E-state index contributed by atoms with van der Waals surface area (Å²) >= 11 is 0. The van der Waals surface area contributed by atoms with Gasteiger partial charge < -0.3 is 10.5 Å². The van der Waals surface area contributed by atoms with Crippen LogP contribution in [0.3, 0.4) is 0 Å². The molecule has 2 nitrogen and oxygen atoms in total. The van der Waals surface area contributed by atoms with Crippen LogP contribution in [0.15, 0.2) is 11.6 Å². The van der Waals surface area contributed by atoms with Crippen LogP contribution in [0.2, 0.25) is 0 Å². The van der Waals surface area contributed by atoms with Gasteiger partial charge in [0.25, 0.3) is 0 Å². The Hall–Kier alpha value is -0.340. The molecule has 0 aromatic carbocycles. The average Bonchev–Trinajstić information content (AvgIpc) is 2.66. The van der Waals surface area contributed by atoms with Crippen molar-refractivity contribution in [1.29, 1.82) is 0 Å². The topological polar surface area (TPSA) is 38.5 Å². The van der Waals surface area contributed by atoms with Crippen LogP contribution in [0.25, 0.3) is 0 Å². The zero-order valence-corrected chi connectivity index (χ0v) is 7.34. The van der Waals surface area contributed by atoms with Crippen LogP contribution in [0.5, 0.6) is 0 Å². The van der Waals surface area contributed by atoms with Gasteiger partial charge in [-0.15, -0.1) is 0 Å². The fourth-order valence-electron chi connectivity index (χ4n) is 1.05. The third kappa shape index (κ3) is 3.54. The molecule has 0 aromatic heterocycles. The predicted octanol–water partition coefficient (Wildman–Crippen LogP) is 1.46. The van der Waals surface area contributed by atoms with Gasteiger partial charge in [-0.1, -0.05) is 11.6 Å². The highest BCUT2D eigenvalue weighted by Gasteiger charge is 2.28. The summed E-state index contributed by atoms with van der Waals surface area (Å²) < 4.78 is 5.08. The monoisotopic (exact) mass is 155 g/mol. The second-order valence-electron chi connectivity index (χ2n) is 3.39. The Balaban J connectivity index is 2.06. The fraction of sp³-hybridized carbons (Fsp3) is 0.778. The molecule has 2 N–H and O–H groups in total. The first-order valence-electron chi connectivity index (χ1n) is 4.20. The molecule has 1 saturated heterocycles. The van der Waals surface area contributed by atoms with Gasteiger partial charge in [-0.3, -0.25) is 0 Å². The van der Waals surface area contributed by atoms with Gasteiger partial charge in [0.05, 0.1) is 12.7 Å². The highest BCUT2D eigenvalue weighted by atomic mass is 16.6. The van der Waals surface area contributed by atoms with Gasteiger partial charge in [-0.05, 0) is 26.7 Å². The zero-order chi connectivity index (χ0) is 8.27. The van der Waals surface area contributed by atoms with Crippen molar-refractivity contribution in [2.24, 2.45) is 5.73 Å². The number of ether oxygens (including phenoxy) is 1. The predicted molar refractivity (Wildman–Crippen MR) is 46.4 cm³/mol. The summed E-state index contributed by atoms with van der Waals surface area (Å²) in [4.78, 5) is 0. The maximum Gasteiger partial charge on any atom is 0.0960 e. The number of epoxide rings is 1. The van der Waals surface area contributed by atoms with E-state index in [1.54, 1.807) is 0 Å². The van der Waals surface area contributed by atoms with E-state index in [9.17, 15) is 0 Å². The number of rotatable bonds is 4. The van der Waals surface area contributed by atoms with E-state index in [4.69, 9.17) is 10.5 Å². The second-order valence-corrected chi connectivity index (χ2v) is 3.39. The van der Waals surface area contributed by atoms with E-state index >= 15 is 0 Å². The fourth-order valence-corrected chi connectivity index (χ4v) is 1.05. The Bertz CT molecular complexity index is 146. The molecule has 1 aliphatic rings. The van der Waals surface area contributed by atoms with Crippen molar-refractivity contribution in [3.05, 3.63) is 11.6 Å². The van der Waals surface area contributed by atoms with Crippen LogP contribution in [-0.4, -0.2) is 18.8 Å². The minimum absolute atomic E-state index is 0.255. The van der Waals surface area contributed by atoms with Gasteiger partial charge in [0.2, 0.25) is 0 Å². The zero-order valence-electron chi connectivity index (χ0n) is 7.34. The Morgan fingerprint density at radius 2 is 2.36 bits per heavy atom. The largest absolute Gasteiger partial charge is 0.371 e. The van der Waals surface area contributed by atoms with E-state index in [1.165, 1.54) is 5.57 Å². The lowest BCUT2D eigenvalue weighted by Crippen LogP contribution is -2.25. The molecule has 0 aliphatic carbocycles. The van der Waals surface area contributed by atoms with Crippen molar-refractivity contribution in [1.82, 2.24) is 0 Å². The van der Waals surface area contributed by atoms with Crippen LogP contribution in [-0.2, 0) is 4.74 Å². The van der Waals surface area contributed by atoms with Crippen LogP contribution < -0.4 is 5.73 Å². The lowest BCUT2D eigenvalue weighted by Gasteiger charge is -2.04. The van der Waals surface area contributed by atoms with E-state index in [1.807, 2.05) is 0 Å².